The van der Waals surface area contributed by atoms with Gasteiger partial charge in [0.15, 0.2) is 0 Å². The fourth-order valence-corrected chi connectivity index (χ4v) is 1.95. The van der Waals surface area contributed by atoms with Gasteiger partial charge < -0.3 is 10.1 Å². The molecule has 2 rings (SSSR count). The van der Waals surface area contributed by atoms with Crippen molar-refractivity contribution in [3.63, 3.8) is 0 Å². The van der Waals surface area contributed by atoms with Gasteiger partial charge in [-0.1, -0.05) is 12.1 Å². The summed E-state index contributed by atoms with van der Waals surface area (Å²) in [4.78, 5) is 0. The van der Waals surface area contributed by atoms with Gasteiger partial charge in [0.2, 0.25) is 0 Å². The zero-order chi connectivity index (χ0) is 12.5. The van der Waals surface area contributed by atoms with Gasteiger partial charge in [0.25, 0.3) is 0 Å². The van der Waals surface area contributed by atoms with E-state index in [4.69, 9.17) is 4.74 Å². The largest absolute Gasteiger partial charge is 0.418 e. The first-order chi connectivity index (χ1) is 8.00. The SMILES string of the molecule is COC1CC(Nc2ccccc2C(F)(F)F)C1. The molecule has 0 aliphatic heterocycles. The molecule has 1 saturated carbocycles. The Kier molecular flexibility index (Phi) is 3.28. The number of hydrogen-bond acceptors (Lipinski definition) is 2. The zero-order valence-corrected chi connectivity index (χ0v) is 9.42. The van der Waals surface area contributed by atoms with Crippen molar-refractivity contribution < 1.29 is 17.9 Å². The van der Waals surface area contributed by atoms with Crippen LogP contribution in [0.15, 0.2) is 24.3 Å². The summed E-state index contributed by atoms with van der Waals surface area (Å²) in [7, 11) is 1.62. The summed E-state index contributed by atoms with van der Waals surface area (Å²) in [6, 6.07) is 5.62. The molecule has 1 aromatic rings. The standard InChI is InChI=1S/C12H14F3NO/c1-17-9-6-8(7-9)16-11-5-3-2-4-10(11)12(13,14)15/h2-5,8-9,16H,6-7H2,1H3. The molecular formula is C12H14F3NO. The predicted molar refractivity (Wildman–Crippen MR) is 58.9 cm³/mol. The number of nitrogens with one attached hydrogen (secondary N) is 1. The van der Waals surface area contributed by atoms with Crippen molar-refractivity contribution in [2.45, 2.75) is 31.2 Å². The van der Waals surface area contributed by atoms with E-state index >= 15 is 0 Å². The summed E-state index contributed by atoms with van der Waals surface area (Å²) in [5.74, 6) is 0. The lowest BCUT2D eigenvalue weighted by Gasteiger charge is -2.35. The van der Waals surface area contributed by atoms with E-state index in [0.717, 1.165) is 18.9 Å². The number of methoxy groups -OCH3 is 1. The Labute approximate surface area is 97.8 Å². The lowest BCUT2D eigenvalue weighted by molar-refractivity contribution is -0.137. The summed E-state index contributed by atoms with van der Waals surface area (Å²) in [6.07, 6.45) is -2.63. The van der Waals surface area contributed by atoms with E-state index in [0.29, 0.717) is 0 Å². The third kappa shape index (κ3) is 2.72. The van der Waals surface area contributed by atoms with Crippen molar-refractivity contribution in [3.8, 4) is 0 Å². The van der Waals surface area contributed by atoms with Crippen LogP contribution in [0.3, 0.4) is 0 Å². The molecular weight excluding hydrogens is 231 g/mol. The number of halogens is 3. The zero-order valence-electron chi connectivity index (χ0n) is 9.42. The molecule has 1 fully saturated rings. The number of benzene rings is 1. The Balaban J connectivity index is 2.06. The minimum Gasteiger partial charge on any atom is -0.382 e. The molecule has 17 heavy (non-hydrogen) atoms. The molecule has 1 aromatic carbocycles. The van der Waals surface area contributed by atoms with Gasteiger partial charge in [-0.3, -0.25) is 0 Å². The van der Waals surface area contributed by atoms with Crippen LogP contribution in [-0.4, -0.2) is 19.3 Å². The number of anilines is 1. The highest BCUT2D eigenvalue weighted by atomic mass is 19.4. The van der Waals surface area contributed by atoms with E-state index in [-0.39, 0.29) is 17.8 Å². The van der Waals surface area contributed by atoms with Crippen LogP contribution < -0.4 is 5.32 Å². The van der Waals surface area contributed by atoms with Crippen LogP contribution in [0.1, 0.15) is 18.4 Å². The molecule has 0 saturated heterocycles. The van der Waals surface area contributed by atoms with Gasteiger partial charge in [0.05, 0.1) is 11.7 Å². The van der Waals surface area contributed by atoms with Gasteiger partial charge >= 0.3 is 6.18 Å². The fraction of sp³-hybridized carbons (Fsp3) is 0.500. The molecule has 0 bridgehead atoms. The first-order valence-corrected chi connectivity index (χ1v) is 5.46. The number of para-hydroxylation sites is 1. The second-order valence-electron chi connectivity index (χ2n) is 4.21. The number of ether oxygens (including phenoxy) is 1. The maximum Gasteiger partial charge on any atom is 0.418 e. The van der Waals surface area contributed by atoms with E-state index < -0.39 is 11.7 Å². The molecule has 0 amide bonds. The fourth-order valence-electron chi connectivity index (χ4n) is 1.95. The minimum absolute atomic E-state index is 0.0726. The van der Waals surface area contributed by atoms with Gasteiger partial charge in [-0.15, -0.1) is 0 Å². The van der Waals surface area contributed by atoms with Crippen molar-refractivity contribution >= 4 is 5.69 Å². The van der Waals surface area contributed by atoms with Crippen molar-refractivity contribution in [2.75, 3.05) is 12.4 Å². The monoisotopic (exact) mass is 245 g/mol. The third-order valence-electron chi connectivity index (χ3n) is 3.02. The van der Waals surface area contributed by atoms with Crippen LogP contribution in [-0.2, 0) is 10.9 Å². The highest BCUT2D eigenvalue weighted by molar-refractivity contribution is 5.53. The van der Waals surface area contributed by atoms with E-state index in [1.54, 1.807) is 13.2 Å². The quantitative estimate of drug-likeness (QED) is 0.882. The maximum absolute atomic E-state index is 12.7. The van der Waals surface area contributed by atoms with E-state index in [9.17, 15) is 13.2 Å². The lowest BCUT2D eigenvalue weighted by Crippen LogP contribution is -2.40. The van der Waals surface area contributed by atoms with Crippen LogP contribution >= 0.6 is 0 Å². The Hall–Kier alpha value is -1.23. The summed E-state index contributed by atoms with van der Waals surface area (Å²) >= 11 is 0. The Morgan fingerprint density at radius 3 is 2.47 bits per heavy atom. The summed E-state index contributed by atoms with van der Waals surface area (Å²) in [5.41, 5.74) is -0.458. The van der Waals surface area contributed by atoms with Gasteiger partial charge in [-0.25, -0.2) is 0 Å². The number of alkyl halides is 3. The minimum atomic E-state index is -4.31. The predicted octanol–water partition coefficient (Wildman–Crippen LogP) is 3.29. The average molecular weight is 245 g/mol. The molecule has 94 valence electrons. The van der Waals surface area contributed by atoms with Crippen LogP contribution in [0.5, 0.6) is 0 Å². The Morgan fingerprint density at radius 1 is 1.24 bits per heavy atom. The van der Waals surface area contributed by atoms with E-state index in [1.807, 2.05) is 0 Å². The second-order valence-corrected chi connectivity index (χ2v) is 4.21. The number of hydrogen-bond donors (Lipinski definition) is 1. The second kappa shape index (κ2) is 4.56. The van der Waals surface area contributed by atoms with E-state index in [2.05, 4.69) is 5.32 Å². The van der Waals surface area contributed by atoms with Crippen LogP contribution in [0.25, 0.3) is 0 Å². The van der Waals surface area contributed by atoms with Crippen molar-refractivity contribution in [1.29, 1.82) is 0 Å². The molecule has 0 unspecified atom stereocenters. The van der Waals surface area contributed by atoms with Crippen molar-refractivity contribution in [2.24, 2.45) is 0 Å². The third-order valence-corrected chi connectivity index (χ3v) is 3.02. The molecule has 0 heterocycles. The lowest BCUT2D eigenvalue weighted by atomic mass is 9.89. The van der Waals surface area contributed by atoms with Gasteiger partial charge in [-0.2, -0.15) is 13.2 Å². The maximum atomic E-state index is 12.7. The molecule has 2 nitrogen and oxygen atoms in total. The van der Waals surface area contributed by atoms with Gasteiger partial charge in [0, 0.05) is 18.8 Å². The van der Waals surface area contributed by atoms with Crippen LogP contribution in [0.4, 0.5) is 18.9 Å². The topological polar surface area (TPSA) is 21.3 Å². The highest BCUT2D eigenvalue weighted by Gasteiger charge is 2.35. The summed E-state index contributed by atoms with van der Waals surface area (Å²) < 4.78 is 43.2. The van der Waals surface area contributed by atoms with Gasteiger partial charge in [0.1, 0.15) is 0 Å². The number of rotatable bonds is 3. The highest BCUT2D eigenvalue weighted by Crippen LogP contribution is 2.36. The molecule has 1 N–H and O–H groups in total. The average Bonchev–Trinajstić information content (AvgIpc) is 2.22. The molecule has 0 atom stereocenters. The van der Waals surface area contributed by atoms with E-state index in [1.165, 1.54) is 12.1 Å². The molecule has 1 aliphatic rings. The normalized spacial score (nSPS) is 24.2. The molecule has 0 aromatic heterocycles. The van der Waals surface area contributed by atoms with Crippen LogP contribution in [0, 0.1) is 0 Å². The molecule has 0 radical (unpaired) electrons. The molecule has 5 heteroatoms. The summed E-state index contributed by atoms with van der Waals surface area (Å²) in [6.45, 7) is 0. The Bertz CT molecular complexity index is 386. The van der Waals surface area contributed by atoms with Crippen LogP contribution in [0.2, 0.25) is 0 Å². The van der Waals surface area contributed by atoms with Gasteiger partial charge in [-0.05, 0) is 25.0 Å². The Morgan fingerprint density at radius 2 is 1.88 bits per heavy atom. The molecule has 0 spiro atoms. The van der Waals surface area contributed by atoms with Crippen molar-refractivity contribution in [1.82, 2.24) is 0 Å². The first-order valence-electron chi connectivity index (χ1n) is 5.46. The summed E-state index contributed by atoms with van der Waals surface area (Å²) in [5, 5.41) is 2.92. The first kappa shape index (κ1) is 12.2. The smallest absolute Gasteiger partial charge is 0.382 e. The van der Waals surface area contributed by atoms with Crippen molar-refractivity contribution in [3.05, 3.63) is 29.8 Å². The molecule has 1 aliphatic carbocycles.